The van der Waals surface area contributed by atoms with Gasteiger partial charge in [-0.3, -0.25) is 9.89 Å². The number of unbranched alkanes of at least 4 members (excludes halogenated alkanes) is 3. The fourth-order valence-corrected chi connectivity index (χ4v) is 3.50. The van der Waals surface area contributed by atoms with Crippen molar-refractivity contribution in [2.75, 3.05) is 45.9 Å². The van der Waals surface area contributed by atoms with E-state index in [0.717, 1.165) is 70.7 Å². The fraction of sp³-hybridized carbons (Fsp3) is 0.857. The van der Waals surface area contributed by atoms with Crippen LogP contribution in [0.1, 0.15) is 58.7 Å². The fourth-order valence-electron chi connectivity index (χ4n) is 3.50. The predicted octanol–water partition coefficient (Wildman–Crippen LogP) is 2.07. The minimum Gasteiger partial charge on any atom is -0.379 e. The first-order valence-corrected chi connectivity index (χ1v) is 11.4. The Bertz CT molecular complexity index is 569. The Labute approximate surface area is 176 Å². The van der Waals surface area contributed by atoms with Gasteiger partial charge in [-0.05, 0) is 13.3 Å². The molecule has 0 radical (unpaired) electrons. The molecule has 1 aromatic rings. The molecule has 1 aromatic heterocycles. The molecule has 1 aliphatic rings. The van der Waals surface area contributed by atoms with E-state index in [9.17, 15) is 0 Å². The third-order valence-corrected chi connectivity index (χ3v) is 5.32. The van der Waals surface area contributed by atoms with Crippen LogP contribution in [0, 0.1) is 0 Å². The number of hydrogen-bond donors (Lipinski definition) is 2. The second-order valence-corrected chi connectivity index (χ2v) is 7.80. The summed E-state index contributed by atoms with van der Waals surface area (Å²) >= 11 is 0. The van der Waals surface area contributed by atoms with Crippen LogP contribution in [0.4, 0.5) is 0 Å². The lowest BCUT2D eigenvalue weighted by atomic mass is 10.1. The van der Waals surface area contributed by atoms with Gasteiger partial charge in [0.1, 0.15) is 12.2 Å². The molecule has 2 rings (SSSR count). The molecular formula is C21H41N7O. The van der Waals surface area contributed by atoms with E-state index >= 15 is 0 Å². The van der Waals surface area contributed by atoms with Gasteiger partial charge < -0.3 is 19.9 Å². The van der Waals surface area contributed by atoms with Crippen LogP contribution < -0.4 is 10.6 Å². The van der Waals surface area contributed by atoms with Crippen molar-refractivity contribution in [3.05, 3.63) is 12.2 Å². The van der Waals surface area contributed by atoms with Gasteiger partial charge in [-0.2, -0.15) is 0 Å². The summed E-state index contributed by atoms with van der Waals surface area (Å²) in [5, 5.41) is 15.3. The summed E-state index contributed by atoms with van der Waals surface area (Å²) < 4.78 is 7.53. The molecule has 1 atom stereocenters. The quantitative estimate of drug-likeness (QED) is 0.296. The van der Waals surface area contributed by atoms with Gasteiger partial charge >= 0.3 is 0 Å². The summed E-state index contributed by atoms with van der Waals surface area (Å²) in [6, 6.07) is 0.419. The molecule has 1 aliphatic heterocycles. The zero-order chi connectivity index (χ0) is 20.7. The monoisotopic (exact) mass is 407 g/mol. The zero-order valence-corrected chi connectivity index (χ0v) is 18.7. The van der Waals surface area contributed by atoms with E-state index in [4.69, 9.17) is 9.73 Å². The van der Waals surface area contributed by atoms with Crippen LogP contribution >= 0.6 is 0 Å². The van der Waals surface area contributed by atoms with Gasteiger partial charge in [0.15, 0.2) is 5.96 Å². The van der Waals surface area contributed by atoms with Gasteiger partial charge in [-0.1, -0.05) is 39.5 Å². The van der Waals surface area contributed by atoms with Crippen LogP contribution in [-0.4, -0.2) is 77.6 Å². The molecule has 8 nitrogen and oxygen atoms in total. The van der Waals surface area contributed by atoms with E-state index in [1.165, 1.54) is 32.1 Å². The number of aliphatic imine (C=N–C) groups is 1. The number of nitrogens with zero attached hydrogens (tertiary/aromatic N) is 5. The first-order chi connectivity index (χ1) is 14.2. The van der Waals surface area contributed by atoms with E-state index in [2.05, 4.69) is 51.1 Å². The SMILES string of the molecule is CCCCCCC(C)NC(=NCCN1CCOCC1)NCCn1cnnc1CC. The first-order valence-electron chi connectivity index (χ1n) is 11.4. The van der Waals surface area contributed by atoms with Gasteiger partial charge in [0, 0.05) is 45.2 Å². The summed E-state index contributed by atoms with van der Waals surface area (Å²) in [7, 11) is 0. The molecule has 0 saturated carbocycles. The van der Waals surface area contributed by atoms with Crippen molar-refractivity contribution < 1.29 is 4.74 Å². The summed E-state index contributed by atoms with van der Waals surface area (Å²) in [4.78, 5) is 7.26. The molecule has 1 unspecified atom stereocenters. The maximum Gasteiger partial charge on any atom is 0.191 e. The van der Waals surface area contributed by atoms with Crippen molar-refractivity contribution in [1.82, 2.24) is 30.3 Å². The standard InChI is InChI=1S/C21H41N7O/c1-4-6-7-8-9-19(3)25-21(22-10-12-27-14-16-29-17-15-27)23-11-13-28-18-24-26-20(28)5-2/h18-19H,4-17H2,1-3H3,(H2,22,23,25). The van der Waals surface area contributed by atoms with Gasteiger partial charge in [0.2, 0.25) is 0 Å². The third-order valence-electron chi connectivity index (χ3n) is 5.32. The van der Waals surface area contributed by atoms with Gasteiger partial charge in [-0.25, -0.2) is 0 Å². The van der Waals surface area contributed by atoms with E-state index in [1.54, 1.807) is 6.33 Å². The Hall–Kier alpha value is -1.67. The van der Waals surface area contributed by atoms with E-state index in [0.29, 0.717) is 6.04 Å². The molecule has 2 N–H and O–H groups in total. The highest BCUT2D eigenvalue weighted by Crippen LogP contribution is 2.05. The average Bonchev–Trinajstić information content (AvgIpc) is 3.19. The Balaban J connectivity index is 1.80. The Morgan fingerprint density at radius 1 is 1.21 bits per heavy atom. The molecule has 29 heavy (non-hydrogen) atoms. The molecule has 1 saturated heterocycles. The number of hydrogen-bond acceptors (Lipinski definition) is 5. The number of aromatic nitrogens is 3. The molecule has 0 bridgehead atoms. The van der Waals surface area contributed by atoms with Gasteiger partial charge in [-0.15, -0.1) is 10.2 Å². The summed E-state index contributed by atoms with van der Waals surface area (Å²) in [5.41, 5.74) is 0. The molecule has 1 fully saturated rings. The second-order valence-electron chi connectivity index (χ2n) is 7.80. The minimum atomic E-state index is 0.419. The maximum absolute atomic E-state index is 5.43. The Morgan fingerprint density at radius 3 is 2.79 bits per heavy atom. The Kier molecular flexibility index (Phi) is 11.7. The Morgan fingerprint density at radius 2 is 2.03 bits per heavy atom. The van der Waals surface area contributed by atoms with Crippen LogP contribution in [0.5, 0.6) is 0 Å². The van der Waals surface area contributed by atoms with Crippen LogP contribution in [0.2, 0.25) is 0 Å². The van der Waals surface area contributed by atoms with Crippen LogP contribution in [0.3, 0.4) is 0 Å². The van der Waals surface area contributed by atoms with Crippen molar-refractivity contribution in [1.29, 1.82) is 0 Å². The second kappa shape index (κ2) is 14.3. The lowest BCUT2D eigenvalue weighted by Crippen LogP contribution is -2.44. The molecule has 0 spiro atoms. The van der Waals surface area contributed by atoms with Crippen LogP contribution in [0.25, 0.3) is 0 Å². The highest BCUT2D eigenvalue weighted by Gasteiger charge is 2.10. The minimum absolute atomic E-state index is 0.419. The highest BCUT2D eigenvalue weighted by molar-refractivity contribution is 5.80. The normalized spacial score (nSPS) is 16.7. The van der Waals surface area contributed by atoms with Gasteiger partial charge in [0.05, 0.1) is 19.8 Å². The maximum atomic E-state index is 5.43. The third kappa shape index (κ3) is 9.58. The largest absolute Gasteiger partial charge is 0.379 e. The molecule has 0 aliphatic carbocycles. The summed E-state index contributed by atoms with van der Waals surface area (Å²) in [6.07, 6.45) is 9.06. The summed E-state index contributed by atoms with van der Waals surface area (Å²) in [6.45, 7) is 13.7. The molecule has 0 aromatic carbocycles. The number of morpholine rings is 1. The lowest BCUT2D eigenvalue weighted by molar-refractivity contribution is 0.0394. The van der Waals surface area contributed by atoms with Gasteiger partial charge in [0.25, 0.3) is 0 Å². The van der Waals surface area contributed by atoms with Crippen molar-refractivity contribution in [3.8, 4) is 0 Å². The number of guanidine groups is 1. The molecule has 2 heterocycles. The predicted molar refractivity (Wildman–Crippen MR) is 118 cm³/mol. The molecule has 166 valence electrons. The summed E-state index contributed by atoms with van der Waals surface area (Å²) in [5.74, 6) is 1.93. The van der Waals surface area contributed by atoms with E-state index in [1.807, 2.05) is 0 Å². The zero-order valence-electron chi connectivity index (χ0n) is 18.7. The molecule has 0 amide bonds. The average molecular weight is 408 g/mol. The van der Waals surface area contributed by atoms with Crippen molar-refractivity contribution in [3.63, 3.8) is 0 Å². The van der Waals surface area contributed by atoms with Crippen molar-refractivity contribution in [2.24, 2.45) is 4.99 Å². The first kappa shape index (κ1) is 23.6. The lowest BCUT2D eigenvalue weighted by Gasteiger charge is -2.26. The highest BCUT2D eigenvalue weighted by atomic mass is 16.5. The number of aryl methyl sites for hydroxylation is 1. The topological polar surface area (TPSA) is 79.6 Å². The number of nitrogens with one attached hydrogen (secondary N) is 2. The van der Waals surface area contributed by atoms with Crippen LogP contribution in [-0.2, 0) is 17.7 Å². The van der Waals surface area contributed by atoms with Crippen LogP contribution in [0.15, 0.2) is 11.3 Å². The number of ether oxygens (including phenoxy) is 1. The van der Waals surface area contributed by atoms with Crippen molar-refractivity contribution in [2.45, 2.75) is 71.9 Å². The van der Waals surface area contributed by atoms with Crippen molar-refractivity contribution >= 4 is 5.96 Å². The van der Waals surface area contributed by atoms with E-state index < -0.39 is 0 Å². The smallest absolute Gasteiger partial charge is 0.191 e. The number of rotatable bonds is 13. The molecule has 8 heteroatoms. The molecular weight excluding hydrogens is 366 g/mol. The van der Waals surface area contributed by atoms with E-state index in [-0.39, 0.29) is 0 Å².